The van der Waals surface area contributed by atoms with Crippen LogP contribution in [0.5, 0.6) is 5.75 Å². The zero-order valence-corrected chi connectivity index (χ0v) is 17.4. The molecule has 0 bridgehead atoms. The highest BCUT2D eigenvalue weighted by Gasteiger charge is 2.32. The molecule has 1 fully saturated rings. The van der Waals surface area contributed by atoms with Crippen LogP contribution in [0.2, 0.25) is 0 Å². The number of carbonyl (C=O) groups is 2. The van der Waals surface area contributed by atoms with E-state index in [2.05, 4.69) is 15.8 Å². The predicted molar refractivity (Wildman–Crippen MR) is 109 cm³/mol. The highest BCUT2D eigenvalue weighted by molar-refractivity contribution is 7.89. The molecule has 0 atom stereocenters. The van der Waals surface area contributed by atoms with Crippen LogP contribution in [0.1, 0.15) is 18.4 Å². The fraction of sp³-hybridized carbons (Fsp3) is 0.350. The first-order valence-corrected chi connectivity index (χ1v) is 11.0. The molecule has 1 aromatic carbocycles. The number of hydrazine groups is 1. The van der Waals surface area contributed by atoms with E-state index in [1.807, 2.05) is 0 Å². The fourth-order valence-electron chi connectivity index (χ4n) is 3.21. The molecule has 0 radical (unpaired) electrons. The van der Waals surface area contributed by atoms with Gasteiger partial charge in [0.1, 0.15) is 10.6 Å². The summed E-state index contributed by atoms with van der Waals surface area (Å²) in [7, 11) is -2.05. The second-order valence-electron chi connectivity index (χ2n) is 6.93. The van der Waals surface area contributed by atoms with Gasteiger partial charge in [0.05, 0.1) is 13.5 Å². The summed E-state index contributed by atoms with van der Waals surface area (Å²) in [5.41, 5.74) is 5.64. The first-order valence-electron chi connectivity index (χ1n) is 9.52. The van der Waals surface area contributed by atoms with Crippen molar-refractivity contribution < 1.29 is 22.7 Å². The Morgan fingerprint density at radius 2 is 1.83 bits per heavy atom. The number of amides is 2. The number of rotatable bonds is 6. The van der Waals surface area contributed by atoms with Crippen LogP contribution in [0.4, 0.5) is 0 Å². The SMILES string of the molecule is COc1ccc(CC(=O)NNC(=O)C2CCN(S(=O)(=O)c3cccnc3)CC2)cc1. The molecule has 0 saturated carbocycles. The quantitative estimate of drug-likeness (QED) is 0.655. The third kappa shape index (κ3) is 5.33. The second kappa shape index (κ2) is 9.68. The monoisotopic (exact) mass is 432 g/mol. The second-order valence-corrected chi connectivity index (χ2v) is 8.87. The van der Waals surface area contributed by atoms with Gasteiger partial charge in [-0.2, -0.15) is 4.31 Å². The number of benzene rings is 1. The maximum atomic E-state index is 12.6. The normalized spacial score (nSPS) is 15.4. The van der Waals surface area contributed by atoms with Gasteiger partial charge in [-0.3, -0.25) is 25.4 Å². The summed E-state index contributed by atoms with van der Waals surface area (Å²) >= 11 is 0. The summed E-state index contributed by atoms with van der Waals surface area (Å²) in [6.07, 6.45) is 3.69. The van der Waals surface area contributed by atoms with E-state index in [4.69, 9.17) is 4.74 Å². The molecular formula is C20H24N4O5S. The van der Waals surface area contributed by atoms with Gasteiger partial charge in [-0.1, -0.05) is 12.1 Å². The van der Waals surface area contributed by atoms with Crippen molar-refractivity contribution in [2.24, 2.45) is 5.92 Å². The molecule has 2 heterocycles. The van der Waals surface area contributed by atoms with Crippen molar-refractivity contribution in [1.29, 1.82) is 0 Å². The smallest absolute Gasteiger partial charge is 0.244 e. The summed E-state index contributed by atoms with van der Waals surface area (Å²) in [6.45, 7) is 0.463. The Kier molecular flexibility index (Phi) is 7.01. The third-order valence-electron chi connectivity index (χ3n) is 4.95. The molecule has 10 heteroatoms. The summed E-state index contributed by atoms with van der Waals surface area (Å²) in [6, 6.07) is 10.1. The van der Waals surface area contributed by atoms with Gasteiger partial charge in [0.2, 0.25) is 21.8 Å². The Hall–Kier alpha value is -2.98. The first kappa shape index (κ1) is 21.7. The maximum absolute atomic E-state index is 12.6. The van der Waals surface area contributed by atoms with Crippen LogP contribution in [-0.4, -0.2) is 49.7 Å². The molecule has 30 heavy (non-hydrogen) atoms. The van der Waals surface area contributed by atoms with Crippen molar-refractivity contribution in [2.45, 2.75) is 24.2 Å². The van der Waals surface area contributed by atoms with E-state index in [-0.39, 0.29) is 42.1 Å². The Morgan fingerprint density at radius 1 is 1.13 bits per heavy atom. The minimum Gasteiger partial charge on any atom is -0.497 e. The molecule has 1 saturated heterocycles. The van der Waals surface area contributed by atoms with Gasteiger partial charge in [0.15, 0.2) is 0 Å². The molecule has 0 aliphatic carbocycles. The summed E-state index contributed by atoms with van der Waals surface area (Å²) in [4.78, 5) is 28.4. The van der Waals surface area contributed by atoms with Crippen LogP contribution in [-0.2, 0) is 26.0 Å². The molecule has 1 aliphatic rings. The number of nitrogens with one attached hydrogen (secondary N) is 2. The molecule has 1 aromatic heterocycles. The van der Waals surface area contributed by atoms with Crippen molar-refractivity contribution in [3.05, 3.63) is 54.4 Å². The number of piperidine rings is 1. The topological polar surface area (TPSA) is 118 Å². The lowest BCUT2D eigenvalue weighted by Gasteiger charge is -2.30. The van der Waals surface area contributed by atoms with E-state index in [1.54, 1.807) is 37.4 Å². The van der Waals surface area contributed by atoms with Gasteiger partial charge >= 0.3 is 0 Å². The van der Waals surface area contributed by atoms with Crippen LogP contribution < -0.4 is 15.6 Å². The van der Waals surface area contributed by atoms with E-state index in [0.29, 0.717) is 18.6 Å². The zero-order chi connectivity index (χ0) is 21.6. The number of hydrogen-bond donors (Lipinski definition) is 2. The number of pyridine rings is 1. The summed E-state index contributed by atoms with van der Waals surface area (Å²) in [5.74, 6) is -0.336. The zero-order valence-electron chi connectivity index (χ0n) is 16.6. The minimum absolute atomic E-state index is 0.117. The van der Waals surface area contributed by atoms with Crippen LogP contribution in [0.15, 0.2) is 53.7 Å². The summed E-state index contributed by atoms with van der Waals surface area (Å²) in [5, 5.41) is 0. The summed E-state index contributed by atoms with van der Waals surface area (Å²) < 4.78 is 31.7. The number of hydrogen-bond acceptors (Lipinski definition) is 6. The van der Waals surface area contributed by atoms with Gasteiger partial charge < -0.3 is 4.74 Å². The van der Waals surface area contributed by atoms with Crippen molar-refractivity contribution in [1.82, 2.24) is 20.1 Å². The van der Waals surface area contributed by atoms with Crippen LogP contribution >= 0.6 is 0 Å². The third-order valence-corrected chi connectivity index (χ3v) is 6.83. The standard InChI is InChI=1S/C20H24N4O5S/c1-29-17-6-4-15(5-7-17)13-19(25)22-23-20(26)16-8-11-24(12-9-16)30(27,28)18-3-2-10-21-14-18/h2-7,10,14,16H,8-9,11-13H2,1H3,(H,22,25)(H,23,26). The largest absolute Gasteiger partial charge is 0.497 e. The first-order chi connectivity index (χ1) is 14.4. The van der Waals surface area contributed by atoms with Crippen molar-refractivity contribution in [2.75, 3.05) is 20.2 Å². The molecule has 2 N–H and O–H groups in total. The van der Waals surface area contributed by atoms with E-state index in [0.717, 1.165) is 5.56 Å². The number of carbonyl (C=O) groups excluding carboxylic acids is 2. The average molecular weight is 433 g/mol. The molecule has 2 amide bonds. The Bertz CT molecular complexity index is 972. The number of nitrogens with zero attached hydrogens (tertiary/aromatic N) is 2. The molecule has 1 aliphatic heterocycles. The van der Waals surface area contributed by atoms with Crippen molar-refractivity contribution in [3.63, 3.8) is 0 Å². The van der Waals surface area contributed by atoms with Gasteiger partial charge in [-0.25, -0.2) is 8.42 Å². The van der Waals surface area contributed by atoms with E-state index in [9.17, 15) is 18.0 Å². The van der Waals surface area contributed by atoms with E-state index < -0.39 is 10.0 Å². The fourth-order valence-corrected chi connectivity index (χ4v) is 4.65. The molecule has 3 rings (SSSR count). The number of methoxy groups -OCH3 is 1. The maximum Gasteiger partial charge on any atom is 0.244 e. The predicted octanol–water partition coefficient (Wildman–Crippen LogP) is 0.881. The lowest BCUT2D eigenvalue weighted by Crippen LogP contribution is -2.48. The average Bonchev–Trinajstić information content (AvgIpc) is 2.78. The Balaban J connectivity index is 1.45. The van der Waals surface area contributed by atoms with Crippen molar-refractivity contribution in [3.8, 4) is 5.75 Å². The molecule has 9 nitrogen and oxygen atoms in total. The van der Waals surface area contributed by atoms with Crippen LogP contribution in [0.3, 0.4) is 0 Å². The van der Waals surface area contributed by atoms with Gasteiger partial charge in [0, 0.05) is 31.4 Å². The molecular weight excluding hydrogens is 408 g/mol. The number of aromatic nitrogens is 1. The minimum atomic E-state index is -3.62. The highest BCUT2D eigenvalue weighted by Crippen LogP contribution is 2.23. The van der Waals surface area contributed by atoms with Gasteiger partial charge in [0.25, 0.3) is 0 Å². The van der Waals surface area contributed by atoms with E-state index in [1.165, 1.54) is 22.8 Å². The molecule has 0 spiro atoms. The van der Waals surface area contributed by atoms with Gasteiger partial charge in [-0.15, -0.1) is 0 Å². The number of ether oxygens (including phenoxy) is 1. The van der Waals surface area contributed by atoms with Gasteiger partial charge in [-0.05, 0) is 42.7 Å². The van der Waals surface area contributed by atoms with Crippen LogP contribution in [0.25, 0.3) is 0 Å². The number of sulfonamides is 1. The van der Waals surface area contributed by atoms with Crippen molar-refractivity contribution >= 4 is 21.8 Å². The lowest BCUT2D eigenvalue weighted by molar-refractivity contribution is -0.131. The molecule has 2 aromatic rings. The Labute approximate surface area is 175 Å². The Morgan fingerprint density at radius 3 is 2.43 bits per heavy atom. The lowest BCUT2D eigenvalue weighted by atomic mass is 9.98. The molecule has 160 valence electrons. The molecule has 0 unspecified atom stereocenters. The van der Waals surface area contributed by atoms with Crippen LogP contribution in [0, 0.1) is 5.92 Å². The highest BCUT2D eigenvalue weighted by atomic mass is 32.2. The van der Waals surface area contributed by atoms with E-state index >= 15 is 0 Å².